The van der Waals surface area contributed by atoms with Crippen LogP contribution in [0, 0.1) is 0 Å². The van der Waals surface area contributed by atoms with Gasteiger partial charge in [0.25, 0.3) is 0 Å². The summed E-state index contributed by atoms with van der Waals surface area (Å²) in [6.07, 6.45) is 2.97. The third-order valence-corrected chi connectivity index (χ3v) is 6.33. The van der Waals surface area contributed by atoms with E-state index in [0.29, 0.717) is 12.8 Å². The molecule has 2 saturated heterocycles. The van der Waals surface area contributed by atoms with Gasteiger partial charge >= 0.3 is 20.8 Å². The van der Waals surface area contributed by atoms with Crippen molar-refractivity contribution in [2.45, 2.75) is 70.2 Å². The van der Waals surface area contributed by atoms with Gasteiger partial charge in [-0.2, -0.15) is 16.8 Å². The number of unbranched alkanes of at least 4 members (excludes halogenated alkanes) is 2. The molecule has 10 heteroatoms. The molecule has 2 fully saturated rings. The van der Waals surface area contributed by atoms with E-state index < -0.39 is 38.1 Å². The van der Waals surface area contributed by atoms with Gasteiger partial charge in [-0.3, -0.25) is 0 Å². The first-order valence-corrected chi connectivity index (χ1v) is 9.85. The molecule has 0 aromatic heterocycles. The molecule has 2 aliphatic rings. The molecular formula is C12H22O8S2. The van der Waals surface area contributed by atoms with Gasteiger partial charge in [0.2, 0.25) is 0 Å². The standard InChI is InChI=1S/C12H22O8S2/c1-11(2)12(3,20-22(15,16)19-11)8-6-4-5-7-10-9-17-21(13,14)18-10/h10H,4-9H2,1-3H3. The summed E-state index contributed by atoms with van der Waals surface area (Å²) in [6.45, 7) is 5.15. The lowest BCUT2D eigenvalue weighted by Gasteiger charge is -2.32. The lowest BCUT2D eigenvalue weighted by Crippen LogP contribution is -2.44. The number of hydrogen-bond donors (Lipinski definition) is 0. The smallest absolute Gasteiger partial charge is 0.245 e. The summed E-state index contributed by atoms with van der Waals surface area (Å²) in [5.41, 5.74) is -1.82. The van der Waals surface area contributed by atoms with Crippen LogP contribution in [-0.2, 0) is 37.5 Å². The summed E-state index contributed by atoms with van der Waals surface area (Å²) in [4.78, 5) is 0. The van der Waals surface area contributed by atoms with E-state index in [1.54, 1.807) is 20.8 Å². The second-order valence-electron chi connectivity index (χ2n) is 6.33. The van der Waals surface area contributed by atoms with E-state index in [9.17, 15) is 16.8 Å². The minimum Gasteiger partial charge on any atom is -0.245 e. The molecule has 2 rings (SSSR count). The average Bonchev–Trinajstić information content (AvgIpc) is 2.73. The predicted octanol–water partition coefficient (Wildman–Crippen LogP) is 1.43. The quantitative estimate of drug-likeness (QED) is 0.657. The molecule has 2 heterocycles. The first-order valence-electron chi connectivity index (χ1n) is 7.19. The molecule has 0 aromatic rings. The molecule has 0 aliphatic carbocycles. The summed E-state index contributed by atoms with van der Waals surface area (Å²) >= 11 is 0. The third-order valence-electron chi connectivity index (χ3n) is 4.20. The Bertz CT molecular complexity index is 609. The van der Waals surface area contributed by atoms with Crippen LogP contribution in [0.5, 0.6) is 0 Å². The maximum absolute atomic E-state index is 11.5. The first-order chi connectivity index (χ1) is 9.95. The maximum Gasteiger partial charge on any atom is 0.401 e. The van der Waals surface area contributed by atoms with Crippen molar-refractivity contribution in [2.24, 2.45) is 0 Å². The molecule has 0 aromatic carbocycles. The van der Waals surface area contributed by atoms with E-state index in [1.807, 2.05) is 0 Å². The van der Waals surface area contributed by atoms with Crippen LogP contribution in [0.4, 0.5) is 0 Å². The molecule has 0 bridgehead atoms. The summed E-state index contributed by atoms with van der Waals surface area (Å²) in [5.74, 6) is 0. The molecule has 0 spiro atoms. The van der Waals surface area contributed by atoms with Gasteiger partial charge < -0.3 is 0 Å². The molecule has 130 valence electrons. The highest BCUT2D eigenvalue weighted by molar-refractivity contribution is 7.82. The SMILES string of the molecule is CC1(C)OS(=O)(=O)OC1(C)CCCCCC1COS(=O)(=O)O1. The van der Waals surface area contributed by atoms with Crippen LogP contribution < -0.4 is 0 Å². The monoisotopic (exact) mass is 358 g/mol. The summed E-state index contributed by atoms with van der Waals surface area (Å²) in [6, 6.07) is 0. The van der Waals surface area contributed by atoms with E-state index in [1.165, 1.54) is 0 Å². The first kappa shape index (κ1) is 18.1. The van der Waals surface area contributed by atoms with Crippen LogP contribution >= 0.6 is 0 Å². The van der Waals surface area contributed by atoms with E-state index in [0.717, 1.165) is 19.3 Å². The second-order valence-corrected chi connectivity index (χ2v) is 8.72. The van der Waals surface area contributed by atoms with Gasteiger partial charge in [0.05, 0.1) is 6.61 Å². The summed E-state index contributed by atoms with van der Waals surface area (Å²) < 4.78 is 64.1. The van der Waals surface area contributed by atoms with E-state index in [2.05, 4.69) is 4.18 Å². The zero-order valence-corrected chi connectivity index (χ0v) is 14.5. The van der Waals surface area contributed by atoms with Crippen LogP contribution in [0.2, 0.25) is 0 Å². The van der Waals surface area contributed by atoms with Gasteiger partial charge in [0.15, 0.2) is 0 Å². The van der Waals surface area contributed by atoms with Crippen molar-refractivity contribution in [1.82, 2.24) is 0 Å². The molecule has 2 unspecified atom stereocenters. The van der Waals surface area contributed by atoms with Gasteiger partial charge in [-0.05, 0) is 33.6 Å². The second kappa shape index (κ2) is 5.99. The van der Waals surface area contributed by atoms with E-state index >= 15 is 0 Å². The van der Waals surface area contributed by atoms with Crippen molar-refractivity contribution >= 4 is 20.8 Å². The normalized spacial score (nSPS) is 35.7. The van der Waals surface area contributed by atoms with E-state index in [4.69, 9.17) is 12.5 Å². The molecular weight excluding hydrogens is 336 g/mol. The fourth-order valence-corrected chi connectivity index (χ4v) is 4.87. The molecule has 8 nitrogen and oxygen atoms in total. The lowest BCUT2D eigenvalue weighted by atomic mass is 9.83. The summed E-state index contributed by atoms with van der Waals surface area (Å²) in [5, 5.41) is 0. The Labute approximate surface area is 131 Å². The Hall–Kier alpha value is -0.260. The van der Waals surface area contributed by atoms with Gasteiger partial charge in [-0.15, -0.1) is 0 Å². The van der Waals surface area contributed by atoms with Crippen molar-refractivity contribution in [3.05, 3.63) is 0 Å². The molecule has 2 atom stereocenters. The predicted molar refractivity (Wildman–Crippen MR) is 76.4 cm³/mol. The Morgan fingerprint density at radius 1 is 0.955 bits per heavy atom. The number of hydrogen-bond acceptors (Lipinski definition) is 8. The van der Waals surface area contributed by atoms with Crippen LogP contribution in [0.3, 0.4) is 0 Å². The Balaban J connectivity index is 1.73. The van der Waals surface area contributed by atoms with Gasteiger partial charge in [0, 0.05) is 0 Å². The van der Waals surface area contributed by atoms with E-state index in [-0.39, 0.29) is 6.61 Å². The Kier molecular flexibility index (Phi) is 4.92. The average molecular weight is 358 g/mol. The fraction of sp³-hybridized carbons (Fsp3) is 1.00. The van der Waals surface area contributed by atoms with Crippen molar-refractivity contribution in [3.63, 3.8) is 0 Å². The fourth-order valence-electron chi connectivity index (χ4n) is 2.55. The zero-order chi connectivity index (χ0) is 16.6. The van der Waals surface area contributed by atoms with Crippen molar-refractivity contribution in [2.75, 3.05) is 6.61 Å². The molecule has 2 aliphatic heterocycles. The maximum atomic E-state index is 11.5. The largest absolute Gasteiger partial charge is 0.401 e. The van der Waals surface area contributed by atoms with Crippen LogP contribution in [-0.4, -0.2) is 40.7 Å². The summed E-state index contributed by atoms with van der Waals surface area (Å²) in [7, 11) is -7.73. The van der Waals surface area contributed by atoms with Gasteiger partial charge in [-0.25, -0.2) is 16.7 Å². The number of rotatable bonds is 6. The van der Waals surface area contributed by atoms with Crippen LogP contribution in [0.25, 0.3) is 0 Å². The zero-order valence-electron chi connectivity index (χ0n) is 12.9. The Morgan fingerprint density at radius 2 is 1.64 bits per heavy atom. The van der Waals surface area contributed by atoms with Gasteiger partial charge in [-0.1, -0.05) is 19.3 Å². The highest BCUT2D eigenvalue weighted by Gasteiger charge is 2.55. The van der Waals surface area contributed by atoms with Crippen molar-refractivity contribution in [1.29, 1.82) is 0 Å². The topological polar surface area (TPSA) is 105 Å². The highest BCUT2D eigenvalue weighted by atomic mass is 32.3. The van der Waals surface area contributed by atoms with Crippen LogP contribution in [0.1, 0.15) is 52.9 Å². The third kappa shape index (κ3) is 4.18. The van der Waals surface area contributed by atoms with Crippen molar-refractivity contribution in [3.8, 4) is 0 Å². The lowest BCUT2D eigenvalue weighted by molar-refractivity contribution is -0.0173. The van der Waals surface area contributed by atoms with Crippen molar-refractivity contribution < 1.29 is 33.6 Å². The Morgan fingerprint density at radius 3 is 2.14 bits per heavy atom. The molecule has 0 amide bonds. The molecule has 0 radical (unpaired) electrons. The molecule has 22 heavy (non-hydrogen) atoms. The van der Waals surface area contributed by atoms with Gasteiger partial charge in [0.1, 0.15) is 17.3 Å². The highest BCUT2D eigenvalue weighted by Crippen LogP contribution is 2.43. The molecule has 0 N–H and O–H groups in total. The molecule has 0 saturated carbocycles. The minimum atomic E-state index is -3.93. The minimum absolute atomic E-state index is 0.0578. The van der Waals surface area contributed by atoms with Crippen LogP contribution in [0.15, 0.2) is 0 Å².